The van der Waals surface area contributed by atoms with Crippen LogP contribution in [0.25, 0.3) is 0 Å². The van der Waals surface area contributed by atoms with Crippen molar-refractivity contribution in [3.05, 3.63) is 37.8 Å². The summed E-state index contributed by atoms with van der Waals surface area (Å²) in [5.41, 5.74) is 0. The second kappa shape index (κ2) is 7.55. The van der Waals surface area contributed by atoms with Crippen LogP contribution in [0.3, 0.4) is 0 Å². The minimum atomic E-state index is -0.188. The molecule has 0 aliphatic carbocycles. The molecule has 0 aromatic carbocycles. The Morgan fingerprint density at radius 1 is 1.27 bits per heavy atom. The first-order valence-corrected chi connectivity index (χ1v) is 4.58. The van der Waals surface area contributed by atoms with Gasteiger partial charge in [-0.15, -0.1) is 0 Å². The van der Waals surface area contributed by atoms with Crippen molar-refractivity contribution < 1.29 is 14.3 Å². The van der Waals surface area contributed by atoms with Gasteiger partial charge in [-0.1, -0.05) is 20.1 Å². The Kier molecular flexibility index (Phi) is 6.63. The van der Waals surface area contributed by atoms with Crippen molar-refractivity contribution >= 4 is 11.8 Å². The van der Waals surface area contributed by atoms with Crippen molar-refractivity contribution in [3.8, 4) is 0 Å². The molecule has 0 spiro atoms. The normalized spacial score (nSPS) is 13.3. The molecular formula is C11H15NO3. The molecule has 0 aromatic heterocycles. The van der Waals surface area contributed by atoms with Crippen molar-refractivity contribution in [2.75, 3.05) is 6.54 Å². The predicted octanol–water partition coefficient (Wildman–Crippen LogP) is 1.61. The van der Waals surface area contributed by atoms with E-state index in [0.29, 0.717) is 6.54 Å². The summed E-state index contributed by atoms with van der Waals surface area (Å²) in [5.74, 6) is -0.376. The molecule has 0 aromatic rings. The molecule has 0 fully saturated rings. The van der Waals surface area contributed by atoms with Crippen molar-refractivity contribution in [1.82, 2.24) is 4.90 Å². The Balaban J connectivity index is 0.000000336. The summed E-state index contributed by atoms with van der Waals surface area (Å²) in [4.78, 5) is 22.8. The van der Waals surface area contributed by atoms with Crippen molar-refractivity contribution in [2.45, 2.75) is 13.3 Å². The number of hydrogen-bond donors (Lipinski definition) is 0. The number of rotatable bonds is 4. The molecule has 4 heteroatoms. The van der Waals surface area contributed by atoms with E-state index >= 15 is 0 Å². The maximum atomic E-state index is 10.8. The molecule has 1 aliphatic heterocycles. The number of nitrogens with zero attached hydrogens (tertiary/aromatic N) is 1. The van der Waals surface area contributed by atoms with Crippen LogP contribution >= 0.6 is 0 Å². The third-order valence-electron chi connectivity index (χ3n) is 1.54. The maximum Gasteiger partial charge on any atom is 0.253 e. The zero-order valence-electron chi connectivity index (χ0n) is 8.81. The Hall–Kier alpha value is -1.84. The van der Waals surface area contributed by atoms with Gasteiger partial charge >= 0.3 is 0 Å². The fourth-order valence-electron chi connectivity index (χ4n) is 0.943. The third-order valence-corrected chi connectivity index (χ3v) is 1.54. The minimum Gasteiger partial charge on any atom is -0.474 e. The average Bonchev–Trinajstić information content (AvgIpc) is 2.52. The molecule has 0 saturated heterocycles. The van der Waals surface area contributed by atoms with Gasteiger partial charge in [-0.05, 0) is 6.42 Å². The zero-order chi connectivity index (χ0) is 11.7. The van der Waals surface area contributed by atoms with Crippen LogP contribution in [0, 0.1) is 0 Å². The lowest BCUT2D eigenvalue weighted by atomic mass is 10.4. The van der Waals surface area contributed by atoms with E-state index in [1.165, 1.54) is 29.6 Å². The highest BCUT2D eigenvalue weighted by Crippen LogP contribution is 2.02. The van der Waals surface area contributed by atoms with E-state index in [4.69, 9.17) is 0 Å². The molecular weight excluding hydrogens is 194 g/mol. The van der Waals surface area contributed by atoms with Crippen LogP contribution in [0.2, 0.25) is 0 Å². The molecule has 0 N–H and O–H groups in total. The molecule has 1 heterocycles. The number of amides is 2. The van der Waals surface area contributed by atoms with E-state index in [1.807, 2.05) is 6.92 Å². The number of ether oxygens (including phenoxy) is 1. The monoisotopic (exact) mass is 209 g/mol. The summed E-state index contributed by atoms with van der Waals surface area (Å²) in [6, 6.07) is 0. The highest BCUT2D eigenvalue weighted by atomic mass is 16.5. The summed E-state index contributed by atoms with van der Waals surface area (Å²) in [7, 11) is 0. The second-order valence-electron chi connectivity index (χ2n) is 2.63. The summed E-state index contributed by atoms with van der Waals surface area (Å²) in [5, 5.41) is 0. The number of imide groups is 1. The standard InChI is InChI=1S/C7H9NO2.C4H6O/c1-2-5-8-6(9)3-4-7(8)10;1-3-5-4-2/h3-4H,2,5H2,1H3;3-4H,1-2H2. The van der Waals surface area contributed by atoms with E-state index in [-0.39, 0.29) is 11.8 Å². The van der Waals surface area contributed by atoms with E-state index in [2.05, 4.69) is 17.9 Å². The lowest BCUT2D eigenvalue weighted by molar-refractivity contribution is -0.136. The Bertz CT molecular complexity index is 258. The quantitative estimate of drug-likeness (QED) is 0.522. The first kappa shape index (κ1) is 13.2. The molecule has 0 radical (unpaired) electrons. The summed E-state index contributed by atoms with van der Waals surface area (Å²) >= 11 is 0. The van der Waals surface area contributed by atoms with E-state index in [0.717, 1.165) is 6.42 Å². The fourth-order valence-corrected chi connectivity index (χ4v) is 0.943. The molecule has 1 aliphatic rings. The van der Waals surface area contributed by atoms with Crippen LogP contribution in [0.4, 0.5) is 0 Å². The van der Waals surface area contributed by atoms with Crippen molar-refractivity contribution in [2.24, 2.45) is 0 Å². The molecule has 2 amide bonds. The highest BCUT2D eigenvalue weighted by Gasteiger charge is 2.21. The van der Waals surface area contributed by atoms with Crippen LogP contribution in [0.15, 0.2) is 37.8 Å². The van der Waals surface area contributed by atoms with Gasteiger partial charge in [0.15, 0.2) is 0 Å². The third kappa shape index (κ3) is 4.81. The molecule has 0 unspecified atom stereocenters. The van der Waals surface area contributed by atoms with Gasteiger partial charge in [-0.3, -0.25) is 14.5 Å². The SMILES string of the molecule is C=COC=C.CCCN1C(=O)C=CC1=O. The smallest absolute Gasteiger partial charge is 0.253 e. The van der Waals surface area contributed by atoms with Gasteiger partial charge in [0.1, 0.15) is 0 Å². The van der Waals surface area contributed by atoms with Crippen LogP contribution in [0.1, 0.15) is 13.3 Å². The first-order valence-electron chi connectivity index (χ1n) is 4.58. The van der Waals surface area contributed by atoms with Crippen LogP contribution in [-0.2, 0) is 14.3 Å². The topological polar surface area (TPSA) is 46.6 Å². The molecule has 0 bridgehead atoms. The summed E-state index contributed by atoms with van der Waals surface area (Å²) in [6.07, 6.45) is 6.05. The fraction of sp³-hybridized carbons (Fsp3) is 0.273. The second-order valence-corrected chi connectivity index (χ2v) is 2.63. The van der Waals surface area contributed by atoms with Crippen molar-refractivity contribution in [3.63, 3.8) is 0 Å². The largest absolute Gasteiger partial charge is 0.474 e. The van der Waals surface area contributed by atoms with Gasteiger partial charge in [0.05, 0.1) is 12.5 Å². The first-order chi connectivity index (χ1) is 7.17. The summed E-state index contributed by atoms with van der Waals surface area (Å²) in [6.45, 7) is 8.98. The number of hydrogen-bond acceptors (Lipinski definition) is 3. The Morgan fingerprint density at radius 3 is 2.00 bits per heavy atom. The molecule has 0 saturated carbocycles. The van der Waals surface area contributed by atoms with Gasteiger partial charge in [0.25, 0.3) is 11.8 Å². The molecule has 4 nitrogen and oxygen atoms in total. The lowest BCUT2D eigenvalue weighted by Crippen LogP contribution is -2.30. The molecule has 15 heavy (non-hydrogen) atoms. The van der Waals surface area contributed by atoms with E-state index in [9.17, 15) is 9.59 Å². The number of carbonyl (C=O) groups is 2. The Labute approximate surface area is 89.5 Å². The lowest BCUT2D eigenvalue weighted by Gasteiger charge is -2.10. The average molecular weight is 209 g/mol. The van der Waals surface area contributed by atoms with Gasteiger partial charge < -0.3 is 4.74 Å². The van der Waals surface area contributed by atoms with E-state index < -0.39 is 0 Å². The molecule has 82 valence electrons. The van der Waals surface area contributed by atoms with Crippen LogP contribution < -0.4 is 0 Å². The highest BCUT2D eigenvalue weighted by molar-refractivity contribution is 6.12. The molecule has 1 rings (SSSR count). The van der Waals surface area contributed by atoms with Crippen LogP contribution in [0.5, 0.6) is 0 Å². The molecule has 0 atom stereocenters. The number of carbonyl (C=O) groups excluding carboxylic acids is 2. The van der Waals surface area contributed by atoms with Crippen LogP contribution in [-0.4, -0.2) is 23.3 Å². The Morgan fingerprint density at radius 2 is 1.73 bits per heavy atom. The zero-order valence-corrected chi connectivity index (χ0v) is 8.81. The predicted molar refractivity (Wildman–Crippen MR) is 57.6 cm³/mol. The minimum absolute atomic E-state index is 0.188. The van der Waals surface area contributed by atoms with Gasteiger partial charge in [0.2, 0.25) is 0 Å². The maximum absolute atomic E-state index is 10.8. The van der Waals surface area contributed by atoms with Gasteiger partial charge in [-0.25, -0.2) is 0 Å². The van der Waals surface area contributed by atoms with Gasteiger partial charge in [0, 0.05) is 18.7 Å². The van der Waals surface area contributed by atoms with Crippen molar-refractivity contribution in [1.29, 1.82) is 0 Å². The summed E-state index contributed by atoms with van der Waals surface area (Å²) < 4.78 is 4.36. The van der Waals surface area contributed by atoms with Gasteiger partial charge in [-0.2, -0.15) is 0 Å². The van der Waals surface area contributed by atoms with E-state index in [1.54, 1.807) is 0 Å².